The van der Waals surface area contributed by atoms with Crippen LogP contribution >= 0.6 is 22.7 Å². The van der Waals surface area contributed by atoms with Crippen molar-refractivity contribution in [2.45, 2.75) is 34.6 Å². The summed E-state index contributed by atoms with van der Waals surface area (Å²) in [5.41, 5.74) is 2.73. The van der Waals surface area contributed by atoms with Crippen LogP contribution in [0.3, 0.4) is 0 Å². The monoisotopic (exact) mass is 555 g/mol. The summed E-state index contributed by atoms with van der Waals surface area (Å²) in [6.45, 7) is 10.0. The van der Waals surface area contributed by atoms with Crippen LogP contribution in [0.4, 0.5) is 0 Å². The summed E-state index contributed by atoms with van der Waals surface area (Å²) in [7, 11) is 0. The lowest BCUT2D eigenvalue weighted by Gasteiger charge is -2.34. The predicted molar refractivity (Wildman–Crippen MR) is 156 cm³/mol. The zero-order valence-corrected chi connectivity index (χ0v) is 24.0. The van der Waals surface area contributed by atoms with Crippen molar-refractivity contribution < 1.29 is 19.2 Å². The molecule has 0 N–H and O–H groups in total. The summed E-state index contributed by atoms with van der Waals surface area (Å²) < 4.78 is 0. The van der Waals surface area contributed by atoms with Crippen molar-refractivity contribution in [2.75, 3.05) is 13.1 Å². The highest BCUT2D eigenvalue weighted by atomic mass is 32.1. The van der Waals surface area contributed by atoms with Gasteiger partial charge in [0.25, 0.3) is 23.6 Å². The lowest BCUT2D eigenvalue weighted by Crippen LogP contribution is -2.45. The number of carbonyl (C=O) groups excluding carboxylic acids is 4. The molecule has 197 valence electrons. The van der Waals surface area contributed by atoms with Gasteiger partial charge in [-0.15, -0.1) is 22.7 Å². The summed E-state index contributed by atoms with van der Waals surface area (Å²) in [6, 6.07) is 11.6. The predicted octanol–water partition coefficient (Wildman–Crippen LogP) is 6.99. The van der Waals surface area contributed by atoms with Gasteiger partial charge in [-0.25, -0.2) is 0 Å². The van der Waals surface area contributed by atoms with Crippen molar-refractivity contribution in [3.63, 3.8) is 0 Å². The Kier molecular flexibility index (Phi) is 6.08. The minimum Gasteiger partial charge on any atom is -0.274 e. The zero-order valence-electron chi connectivity index (χ0n) is 22.4. The lowest BCUT2D eigenvalue weighted by atomic mass is 9.81. The Balaban J connectivity index is 1.69. The molecule has 4 aromatic rings. The molecule has 0 saturated carbocycles. The number of hydrogen-bond donors (Lipinski definition) is 0. The van der Waals surface area contributed by atoms with Gasteiger partial charge in [-0.05, 0) is 68.1 Å². The van der Waals surface area contributed by atoms with E-state index in [9.17, 15) is 19.2 Å². The van der Waals surface area contributed by atoms with Crippen molar-refractivity contribution in [2.24, 2.45) is 5.92 Å². The maximum atomic E-state index is 14.0. The highest BCUT2D eigenvalue weighted by Gasteiger charge is 2.42. The third-order valence-electron chi connectivity index (χ3n) is 7.24. The number of amides is 4. The van der Waals surface area contributed by atoms with Crippen molar-refractivity contribution in [3.8, 4) is 20.2 Å². The van der Waals surface area contributed by atoms with E-state index in [0.717, 1.165) is 14.6 Å². The van der Waals surface area contributed by atoms with E-state index < -0.39 is 11.8 Å². The topological polar surface area (TPSA) is 74.8 Å². The van der Waals surface area contributed by atoms with Crippen LogP contribution in [0.25, 0.3) is 31.0 Å². The standard InChI is InChI=1S/C31H27N2O4S2/c1-6-11-32-28(34)19-12-16(4)24-25-20(29(35)33(30(24)36)14-15(2)3)13-18(27(26(19)25)31(32)37)21-9-10-23(39-21)22-8-7-17(5)38-22/h6-10,12-13,15H,11,14H2,1-5H3. The van der Waals surface area contributed by atoms with Gasteiger partial charge in [0.05, 0.1) is 11.1 Å². The van der Waals surface area contributed by atoms with E-state index in [-0.39, 0.29) is 30.8 Å². The second-order valence-electron chi connectivity index (χ2n) is 10.5. The second kappa shape index (κ2) is 9.24. The SMILES string of the molecule is C[CH]CN1C(=O)c2cc(C)c3c4c(cc(-c5ccc(-c6ccc(C)s6)s5)c(c24)C1=O)C(=O)N(CC(C)C)C3=O. The van der Waals surface area contributed by atoms with Crippen LogP contribution in [0.2, 0.25) is 0 Å². The summed E-state index contributed by atoms with van der Waals surface area (Å²) >= 11 is 3.25. The quantitative estimate of drug-likeness (QED) is 0.241. The Morgan fingerprint density at radius 3 is 1.97 bits per heavy atom. The van der Waals surface area contributed by atoms with Gasteiger partial charge < -0.3 is 0 Å². The average molecular weight is 556 g/mol. The molecule has 4 amide bonds. The second-order valence-corrected chi connectivity index (χ2v) is 12.9. The number of imide groups is 2. The van der Waals surface area contributed by atoms with Crippen LogP contribution in [0.15, 0.2) is 36.4 Å². The first-order chi connectivity index (χ1) is 18.6. The molecule has 2 aliphatic heterocycles. The molecular weight excluding hydrogens is 528 g/mol. The van der Waals surface area contributed by atoms with E-state index in [4.69, 9.17) is 0 Å². The Morgan fingerprint density at radius 2 is 1.31 bits per heavy atom. The summed E-state index contributed by atoms with van der Waals surface area (Å²) in [5.74, 6) is -1.49. The molecule has 6 nitrogen and oxygen atoms in total. The van der Waals surface area contributed by atoms with Crippen molar-refractivity contribution >= 4 is 57.1 Å². The zero-order chi connectivity index (χ0) is 27.7. The summed E-state index contributed by atoms with van der Waals surface area (Å²) in [6.07, 6.45) is 1.77. The first kappa shape index (κ1) is 25.6. The van der Waals surface area contributed by atoms with Crippen LogP contribution in [0, 0.1) is 26.2 Å². The summed E-state index contributed by atoms with van der Waals surface area (Å²) in [5, 5.41) is 0.838. The van der Waals surface area contributed by atoms with Gasteiger partial charge in [0.15, 0.2) is 0 Å². The van der Waals surface area contributed by atoms with Crippen molar-refractivity contribution in [1.29, 1.82) is 0 Å². The van der Waals surface area contributed by atoms with E-state index in [1.807, 2.05) is 26.0 Å². The van der Waals surface area contributed by atoms with Crippen LogP contribution in [-0.2, 0) is 0 Å². The normalized spacial score (nSPS) is 14.9. The Hall–Kier alpha value is -3.62. The molecule has 0 bridgehead atoms. The summed E-state index contributed by atoms with van der Waals surface area (Å²) in [4.78, 5) is 61.9. The number of nitrogens with zero attached hydrogens (tertiary/aromatic N) is 2. The molecule has 2 aromatic carbocycles. The molecule has 4 heterocycles. The number of aryl methyl sites for hydroxylation is 2. The molecule has 0 unspecified atom stereocenters. The third kappa shape index (κ3) is 3.80. The van der Waals surface area contributed by atoms with Gasteiger partial charge in [-0.1, -0.05) is 20.8 Å². The number of hydrogen-bond acceptors (Lipinski definition) is 6. The molecule has 0 saturated heterocycles. The van der Waals surface area contributed by atoms with E-state index in [2.05, 4.69) is 19.1 Å². The molecule has 2 aromatic heterocycles. The van der Waals surface area contributed by atoms with Crippen LogP contribution in [0.5, 0.6) is 0 Å². The number of thiophene rings is 2. The van der Waals surface area contributed by atoms with Gasteiger partial charge in [-0.2, -0.15) is 0 Å². The van der Waals surface area contributed by atoms with Gasteiger partial charge in [0.1, 0.15) is 0 Å². The number of benzene rings is 2. The van der Waals surface area contributed by atoms with E-state index >= 15 is 0 Å². The van der Waals surface area contributed by atoms with Crippen molar-refractivity contribution in [1.82, 2.24) is 9.80 Å². The highest BCUT2D eigenvalue weighted by Crippen LogP contribution is 2.46. The number of carbonyl (C=O) groups is 4. The van der Waals surface area contributed by atoms with Gasteiger partial charge >= 0.3 is 0 Å². The molecule has 0 aliphatic carbocycles. The molecule has 0 fully saturated rings. The van der Waals surface area contributed by atoms with Crippen LogP contribution in [0.1, 0.15) is 72.6 Å². The molecule has 0 spiro atoms. The van der Waals surface area contributed by atoms with Crippen LogP contribution < -0.4 is 0 Å². The Morgan fingerprint density at radius 1 is 0.718 bits per heavy atom. The largest absolute Gasteiger partial charge is 0.274 e. The molecular formula is C31H27N2O4S2. The third-order valence-corrected chi connectivity index (χ3v) is 9.55. The fourth-order valence-electron chi connectivity index (χ4n) is 5.61. The molecule has 0 atom stereocenters. The highest BCUT2D eigenvalue weighted by molar-refractivity contribution is 7.23. The molecule has 2 aliphatic rings. The maximum Gasteiger partial charge on any atom is 0.262 e. The minimum atomic E-state index is -0.409. The molecule has 8 heteroatoms. The lowest BCUT2D eigenvalue weighted by molar-refractivity contribution is 0.0581. The van der Waals surface area contributed by atoms with E-state index in [0.29, 0.717) is 44.2 Å². The smallest absolute Gasteiger partial charge is 0.262 e. The number of rotatable bonds is 6. The van der Waals surface area contributed by atoms with Gasteiger partial charge in [0.2, 0.25) is 0 Å². The maximum absolute atomic E-state index is 14.0. The fraction of sp³-hybridized carbons (Fsp3) is 0.258. The van der Waals surface area contributed by atoms with E-state index in [1.165, 1.54) is 14.7 Å². The molecule has 1 radical (unpaired) electrons. The first-order valence-corrected chi connectivity index (χ1v) is 14.6. The van der Waals surface area contributed by atoms with Crippen LogP contribution in [-0.4, -0.2) is 46.5 Å². The van der Waals surface area contributed by atoms with E-state index in [1.54, 1.807) is 55.1 Å². The van der Waals surface area contributed by atoms with Gasteiger partial charge in [0, 0.05) is 60.1 Å². The first-order valence-electron chi connectivity index (χ1n) is 12.9. The van der Waals surface area contributed by atoms with Crippen molar-refractivity contribution in [3.05, 3.63) is 75.5 Å². The minimum absolute atomic E-state index is 0.0864. The molecule has 6 rings (SSSR count). The average Bonchev–Trinajstić information content (AvgIpc) is 3.55. The Labute approximate surface area is 234 Å². The Bertz CT molecular complexity index is 1740. The van der Waals surface area contributed by atoms with Gasteiger partial charge in [-0.3, -0.25) is 29.0 Å². The molecule has 39 heavy (non-hydrogen) atoms. The fourth-order valence-corrected chi connectivity index (χ4v) is 7.59.